The van der Waals surface area contributed by atoms with Crippen LogP contribution in [0.15, 0.2) is 88.7 Å². The number of thiazole rings is 1. The zero-order chi connectivity index (χ0) is 35.5. The van der Waals surface area contributed by atoms with Crippen molar-refractivity contribution in [1.82, 2.24) is 29.9 Å². The molecule has 50 heavy (non-hydrogen) atoms. The smallest absolute Gasteiger partial charge is 0.242 e. The van der Waals surface area contributed by atoms with Crippen molar-refractivity contribution in [2.45, 2.75) is 22.9 Å². The van der Waals surface area contributed by atoms with Gasteiger partial charge in [-0.1, -0.05) is 53.8 Å². The van der Waals surface area contributed by atoms with Crippen molar-refractivity contribution in [2.75, 3.05) is 38.9 Å². The predicted molar refractivity (Wildman–Crippen MR) is 192 cm³/mol. The molecule has 0 amide bonds. The average molecular weight is 735 g/mol. The second kappa shape index (κ2) is 14.5. The summed E-state index contributed by atoms with van der Waals surface area (Å²) in [5.74, 6) is 0.695. The number of tetrazole rings is 1. The van der Waals surface area contributed by atoms with Crippen molar-refractivity contribution >= 4 is 46.5 Å². The molecular formula is C33H34N8O6S3. The van der Waals surface area contributed by atoms with Crippen LogP contribution in [0.25, 0.3) is 32.7 Å². The van der Waals surface area contributed by atoms with Crippen LogP contribution >= 0.6 is 11.3 Å². The summed E-state index contributed by atoms with van der Waals surface area (Å²) in [6.45, 7) is -0.168. The molecule has 0 bridgehead atoms. The third kappa shape index (κ3) is 7.17. The molecular weight excluding hydrogens is 701 g/mol. The molecule has 0 aliphatic heterocycles. The molecule has 2 heterocycles. The Labute approximate surface area is 293 Å². The third-order valence-corrected chi connectivity index (χ3v) is 12.3. The van der Waals surface area contributed by atoms with Gasteiger partial charge in [-0.15, -0.1) is 10.2 Å². The van der Waals surface area contributed by atoms with Gasteiger partial charge in [0, 0.05) is 25.7 Å². The molecule has 6 aromatic rings. The normalized spacial score (nSPS) is 11.9. The van der Waals surface area contributed by atoms with Gasteiger partial charge in [0.2, 0.25) is 15.8 Å². The largest absolute Gasteiger partial charge is 0.497 e. The Kier molecular flexibility index (Phi) is 10.1. The van der Waals surface area contributed by atoms with E-state index in [-0.39, 0.29) is 31.0 Å². The van der Waals surface area contributed by atoms with E-state index < -0.39 is 35.4 Å². The van der Waals surface area contributed by atoms with Gasteiger partial charge in [0.1, 0.15) is 16.4 Å². The monoisotopic (exact) mass is 734 g/mol. The number of sulfone groups is 1. The summed E-state index contributed by atoms with van der Waals surface area (Å²) >= 11 is 1.42. The highest BCUT2D eigenvalue weighted by Gasteiger charge is 2.34. The van der Waals surface area contributed by atoms with E-state index in [1.165, 1.54) is 29.3 Å². The number of sulfonamides is 1. The molecule has 0 saturated heterocycles. The summed E-state index contributed by atoms with van der Waals surface area (Å²) in [5, 5.41) is 16.8. The third-order valence-electron chi connectivity index (χ3n) is 7.82. The van der Waals surface area contributed by atoms with Gasteiger partial charge in [0.25, 0.3) is 0 Å². The van der Waals surface area contributed by atoms with E-state index in [9.17, 15) is 16.8 Å². The lowest BCUT2D eigenvalue weighted by atomic mass is 9.98. The molecule has 2 aromatic heterocycles. The Morgan fingerprint density at radius 3 is 2.18 bits per heavy atom. The summed E-state index contributed by atoms with van der Waals surface area (Å²) in [4.78, 5) is 5.09. The number of para-hydroxylation sites is 1. The number of fused-ring (bicyclic) bond motifs is 1. The first-order valence-corrected chi connectivity index (χ1v) is 19.2. The fraction of sp³-hybridized carbons (Fsp3) is 0.212. The SMILES string of the molecule is CNc1nc2c(-c3ccc(S(=O)(=O)CCN)c(S(=O)(=O)NCc4ccc(OC)cc4)c3-c3nnn(Cc4ccc(OC)cc4)n3)cccc2s1. The second-order valence-corrected chi connectivity index (χ2v) is 15.8. The Morgan fingerprint density at radius 1 is 0.860 bits per heavy atom. The number of ether oxygens (including phenoxy) is 2. The van der Waals surface area contributed by atoms with Crippen LogP contribution in [0.4, 0.5) is 5.13 Å². The van der Waals surface area contributed by atoms with E-state index in [2.05, 4.69) is 25.4 Å². The lowest BCUT2D eigenvalue weighted by Gasteiger charge is -2.18. The number of rotatable bonds is 14. The molecule has 0 fully saturated rings. The second-order valence-electron chi connectivity index (χ2n) is 11.0. The van der Waals surface area contributed by atoms with E-state index in [1.54, 1.807) is 62.7 Å². The van der Waals surface area contributed by atoms with Crippen LogP contribution in [0.1, 0.15) is 11.1 Å². The summed E-state index contributed by atoms with van der Waals surface area (Å²) < 4.78 is 70.4. The minimum absolute atomic E-state index is 0.0437. The van der Waals surface area contributed by atoms with Gasteiger partial charge in [0.15, 0.2) is 15.0 Å². The number of nitrogens with zero attached hydrogens (tertiary/aromatic N) is 5. The first-order chi connectivity index (χ1) is 24.1. The lowest BCUT2D eigenvalue weighted by Crippen LogP contribution is -2.27. The van der Waals surface area contributed by atoms with Crippen molar-refractivity contribution in [3.8, 4) is 34.0 Å². The van der Waals surface area contributed by atoms with Gasteiger partial charge in [-0.3, -0.25) is 0 Å². The molecule has 0 saturated carbocycles. The van der Waals surface area contributed by atoms with Gasteiger partial charge < -0.3 is 20.5 Å². The van der Waals surface area contributed by atoms with Crippen LogP contribution < -0.4 is 25.2 Å². The first-order valence-electron chi connectivity index (χ1n) is 15.3. The fourth-order valence-electron chi connectivity index (χ4n) is 5.36. The molecule has 4 aromatic carbocycles. The standard InChI is InChI=1S/C33H34N8O6S3/c1-35-33-37-30-26(5-4-6-27(30)48-33)25-15-16-28(49(42,43)18-17-34)31(50(44,45)36-19-21-7-11-23(46-2)12-8-21)29(25)32-38-40-41(39-32)20-22-9-13-24(47-3)14-10-22/h4-16,36H,17-20,34H2,1-3H3,(H,35,37). The number of aromatic nitrogens is 5. The molecule has 0 spiro atoms. The van der Waals surface area contributed by atoms with E-state index in [0.29, 0.717) is 38.8 Å². The Balaban J connectivity index is 1.58. The molecule has 0 aliphatic rings. The quantitative estimate of drug-likeness (QED) is 0.146. The average Bonchev–Trinajstić information content (AvgIpc) is 3.78. The van der Waals surface area contributed by atoms with E-state index in [4.69, 9.17) is 20.2 Å². The molecule has 0 aliphatic carbocycles. The molecule has 0 unspecified atom stereocenters. The maximum absolute atomic E-state index is 14.5. The molecule has 0 atom stereocenters. The molecule has 14 nitrogen and oxygen atoms in total. The van der Waals surface area contributed by atoms with Crippen molar-refractivity contribution in [2.24, 2.45) is 5.73 Å². The van der Waals surface area contributed by atoms with Crippen LogP contribution in [-0.4, -0.2) is 75.6 Å². The highest BCUT2D eigenvalue weighted by Crippen LogP contribution is 2.43. The number of hydrogen-bond donors (Lipinski definition) is 3. The number of benzene rings is 4. The molecule has 6 rings (SSSR count). The van der Waals surface area contributed by atoms with Crippen LogP contribution in [0.2, 0.25) is 0 Å². The number of hydrogen-bond acceptors (Lipinski definition) is 13. The van der Waals surface area contributed by atoms with Crippen molar-refractivity contribution in [1.29, 1.82) is 0 Å². The van der Waals surface area contributed by atoms with Crippen LogP contribution in [0, 0.1) is 0 Å². The molecule has 0 radical (unpaired) electrons. The molecule has 4 N–H and O–H groups in total. The minimum Gasteiger partial charge on any atom is -0.497 e. The van der Waals surface area contributed by atoms with Gasteiger partial charge >= 0.3 is 0 Å². The summed E-state index contributed by atoms with van der Waals surface area (Å²) in [7, 11) is -3.95. The minimum atomic E-state index is -4.59. The maximum atomic E-state index is 14.5. The fourth-order valence-corrected chi connectivity index (χ4v) is 9.41. The van der Waals surface area contributed by atoms with Crippen LogP contribution in [-0.2, 0) is 33.0 Å². The van der Waals surface area contributed by atoms with Crippen molar-refractivity contribution in [3.05, 3.63) is 90.0 Å². The van der Waals surface area contributed by atoms with E-state index >= 15 is 0 Å². The zero-order valence-electron chi connectivity index (χ0n) is 27.3. The van der Waals surface area contributed by atoms with E-state index in [1.807, 2.05) is 24.3 Å². The first kappa shape index (κ1) is 34.9. The number of methoxy groups -OCH3 is 2. The zero-order valence-corrected chi connectivity index (χ0v) is 29.8. The lowest BCUT2D eigenvalue weighted by molar-refractivity contribution is 0.414. The predicted octanol–water partition coefficient (Wildman–Crippen LogP) is 3.93. The topological polar surface area (TPSA) is 193 Å². The van der Waals surface area contributed by atoms with Gasteiger partial charge in [-0.25, -0.2) is 26.5 Å². The van der Waals surface area contributed by atoms with E-state index in [0.717, 1.165) is 10.3 Å². The summed E-state index contributed by atoms with van der Waals surface area (Å²) in [5.41, 5.74) is 8.59. The summed E-state index contributed by atoms with van der Waals surface area (Å²) in [6, 6.07) is 22.4. The molecule has 260 valence electrons. The Morgan fingerprint density at radius 2 is 1.54 bits per heavy atom. The number of nitrogens with one attached hydrogen (secondary N) is 2. The van der Waals surface area contributed by atoms with Gasteiger partial charge in [0.05, 0.1) is 47.2 Å². The van der Waals surface area contributed by atoms with Gasteiger partial charge in [-0.2, -0.15) is 4.80 Å². The van der Waals surface area contributed by atoms with Crippen molar-refractivity contribution in [3.63, 3.8) is 0 Å². The number of nitrogens with two attached hydrogens (primary N) is 1. The van der Waals surface area contributed by atoms with Gasteiger partial charge in [-0.05, 0) is 58.3 Å². The number of anilines is 1. The maximum Gasteiger partial charge on any atom is 0.242 e. The summed E-state index contributed by atoms with van der Waals surface area (Å²) in [6.07, 6.45) is 0. The highest BCUT2D eigenvalue weighted by atomic mass is 32.2. The van der Waals surface area contributed by atoms with Crippen molar-refractivity contribution < 1.29 is 26.3 Å². The molecule has 17 heteroatoms. The Hall–Kier alpha value is -4.94. The van der Waals surface area contributed by atoms with Crippen LogP contribution in [0.5, 0.6) is 11.5 Å². The Bertz CT molecular complexity index is 2360. The highest BCUT2D eigenvalue weighted by molar-refractivity contribution is 7.93. The van der Waals surface area contributed by atoms with Crippen LogP contribution in [0.3, 0.4) is 0 Å².